The van der Waals surface area contributed by atoms with Gasteiger partial charge in [-0.3, -0.25) is 0 Å². The molecule has 1 atom stereocenters. The van der Waals surface area contributed by atoms with Crippen LogP contribution in [0.5, 0.6) is 5.75 Å². The molecule has 3 rings (SSSR count). The normalized spacial score (nSPS) is 19.1. The largest absolute Gasteiger partial charge is 0.483 e. The van der Waals surface area contributed by atoms with Crippen LogP contribution in [0, 0.1) is 0 Å². The molecule has 0 amide bonds. The molecule has 0 aromatic carbocycles. The summed E-state index contributed by atoms with van der Waals surface area (Å²) in [7, 11) is 0. The molecule has 1 unspecified atom stereocenters. The van der Waals surface area contributed by atoms with E-state index in [9.17, 15) is 0 Å². The van der Waals surface area contributed by atoms with Gasteiger partial charge in [-0.15, -0.1) is 11.3 Å². The van der Waals surface area contributed by atoms with Gasteiger partial charge in [-0.25, -0.2) is 0 Å². The monoisotopic (exact) mass is 221 g/mol. The number of furan rings is 1. The average molecular weight is 221 g/mol. The minimum atomic E-state index is 0.203. The summed E-state index contributed by atoms with van der Waals surface area (Å²) in [6.45, 7) is 0.838. The molecule has 3 nitrogen and oxygen atoms in total. The second-order valence-electron chi connectivity index (χ2n) is 3.55. The van der Waals surface area contributed by atoms with Crippen LogP contribution in [0.15, 0.2) is 34.5 Å². The van der Waals surface area contributed by atoms with E-state index in [2.05, 4.69) is 22.8 Å². The lowest BCUT2D eigenvalue weighted by Gasteiger charge is -2.24. The molecule has 0 radical (unpaired) electrons. The van der Waals surface area contributed by atoms with E-state index in [4.69, 9.17) is 9.15 Å². The second-order valence-corrected chi connectivity index (χ2v) is 4.59. The highest BCUT2D eigenvalue weighted by atomic mass is 32.1. The quantitative estimate of drug-likeness (QED) is 0.846. The van der Waals surface area contributed by atoms with Crippen LogP contribution in [0.3, 0.4) is 0 Å². The van der Waals surface area contributed by atoms with E-state index >= 15 is 0 Å². The number of hydrogen-bond acceptors (Lipinski definition) is 4. The Morgan fingerprint density at radius 3 is 3.33 bits per heavy atom. The highest BCUT2D eigenvalue weighted by Gasteiger charge is 2.21. The minimum Gasteiger partial charge on any atom is -0.483 e. The van der Waals surface area contributed by atoms with Crippen molar-refractivity contribution in [3.05, 3.63) is 34.9 Å². The van der Waals surface area contributed by atoms with Gasteiger partial charge >= 0.3 is 0 Å². The maximum absolute atomic E-state index is 5.80. The van der Waals surface area contributed by atoms with Gasteiger partial charge in [0.1, 0.15) is 24.3 Å². The van der Waals surface area contributed by atoms with Gasteiger partial charge in [0.25, 0.3) is 0 Å². The van der Waals surface area contributed by atoms with Gasteiger partial charge in [-0.2, -0.15) is 0 Å². The van der Waals surface area contributed by atoms with Crippen LogP contribution in [0.1, 0.15) is 4.88 Å². The summed E-state index contributed by atoms with van der Waals surface area (Å²) in [5, 5.41) is 5.38. The molecule has 0 aliphatic carbocycles. The molecule has 1 aliphatic heterocycles. The fourth-order valence-electron chi connectivity index (χ4n) is 1.72. The van der Waals surface area contributed by atoms with Crippen LogP contribution in [-0.2, 0) is 6.42 Å². The third-order valence-corrected chi connectivity index (χ3v) is 3.35. The fourth-order valence-corrected chi connectivity index (χ4v) is 2.49. The first-order valence-electron chi connectivity index (χ1n) is 4.91. The van der Waals surface area contributed by atoms with Crippen LogP contribution in [0.4, 0.5) is 5.69 Å². The van der Waals surface area contributed by atoms with Gasteiger partial charge in [0.2, 0.25) is 0 Å². The molecule has 15 heavy (non-hydrogen) atoms. The Labute approximate surface area is 91.7 Å². The van der Waals surface area contributed by atoms with Crippen molar-refractivity contribution in [2.24, 2.45) is 0 Å². The molecule has 1 aliphatic rings. The molecule has 2 aromatic heterocycles. The van der Waals surface area contributed by atoms with Gasteiger partial charge in [-0.1, -0.05) is 6.07 Å². The lowest BCUT2D eigenvalue weighted by atomic mass is 10.2. The number of fused-ring (bicyclic) bond motifs is 1. The molecule has 0 bridgehead atoms. The van der Waals surface area contributed by atoms with Crippen molar-refractivity contribution in [2.75, 3.05) is 11.9 Å². The van der Waals surface area contributed by atoms with Crippen LogP contribution in [0.25, 0.3) is 0 Å². The van der Waals surface area contributed by atoms with Crippen LogP contribution >= 0.6 is 11.3 Å². The van der Waals surface area contributed by atoms with E-state index in [-0.39, 0.29) is 6.10 Å². The number of anilines is 1. The zero-order valence-electron chi connectivity index (χ0n) is 8.10. The maximum atomic E-state index is 5.80. The third kappa shape index (κ3) is 1.72. The molecular weight excluding hydrogens is 210 g/mol. The van der Waals surface area contributed by atoms with Gasteiger partial charge in [0.15, 0.2) is 5.75 Å². The maximum Gasteiger partial charge on any atom is 0.181 e. The molecule has 0 saturated heterocycles. The van der Waals surface area contributed by atoms with Crippen molar-refractivity contribution in [2.45, 2.75) is 12.5 Å². The first kappa shape index (κ1) is 8.85. The number of rotatable bonds is 2. The van der Waals surface area contributed by atoms with Crippen LogP contribution in [0.2, 0.25) is 0 Å². The molecule has 0 spiro atoms. The summed E-state index contributed by atoms with van der Waals surface area (Å²) in [6, 6.07) is 4.21. The number of thiophene rings is 1. The standard InChI is InChI=1S/C11H11NO2S/c1-2-9(15-3-1)4-8-5-12-10-6-13-7-11(10)14-8/h1-3,6-8,12H,4-5H2. The lowest BCUT2D eigenvalue weighted by Crippen LogP contribution is -2.31. The predicted octanol–water partition coefficient (Wildman–Crippen LogP) is 2.76. The summed E-state index contributed by atoms with van der Waals surface area (Å²) in [6.07, 6.45) is 4.48. The minimum absolute atomic E-state index is 0.203. The molecule has 2 aromatic rings. The molecule has 78 valence electrons. The second kappa shape index (κ2) is 3.62. The van der Waals surface area contributed by atoms with E-state index in [0.717, 1.165) is 24.4 Å². The Morgan fingerprint density at radius 1 is 1.47 bits per heavy atom. The van der Waals surface area contributed by atoms with E-state index < -0.39 is 0 Å². The van der Waals surface area contributed by atoms with Gasteiger partial charge in [-0.05, 0) is 11.4 Å². The average Bonchev–Trinajstić information content (AvgIpc) is 2.87. The summed E-state index contributed by atoms with van der Waals surface area (Å²) in [5.41, 5.74) is 0.956. The molecule has 4 heteroatoms. The van der Waals surface area contributed by atoms with E-state index in [0.29, 0.717) is 0 Å². The van der Waals surface area contributed by atoms with Crippen LogP contribution in [-0.4, -0.2) is 12.6 Å². The highest BCUT2D eigenvalue weighted by molar-refractivity contribution is 7.09. The molecule has 3 heterocycles. The Balaban J connectivity index is 1.71. The first-order valence-corrected chi connectivity index (χ1v) is 5.79. The van der Waals surface area contributed by atoms with Gasteiger partial charge in [0.05, 0.1) is 6.54 Å². The SMILES string of the molecule is c1csc(CC2CNc3cocc3O2)c1. The molecule has 0 saturated carbocycles. The third-order valence-electron chi connectivity index (χ3n) is 2.45. The van der Waals surface area contributed by atoms with Crippen molar-refractivity contribution < 1.29 is 9.15 Å². The fraction of sp³-hybridized carbons (Fsp3) is 0.273. The summed E-state index contributed by atoms with van der Waals surface area (Å²) >= 11 is 1.77. The first-order chi connectivity index (χ1) is 7.42. The number of hydrogen-bond donors (Lipinski definition) is 1. The molecule has 0 fully saturated rings. The van der Waals surface area contributed by atoms with Crippen molar-refractivity contribution in [3.63, 3.8) is 0 Å². The number of ether oxygens (including phenoxy) is 1. The van der Waals surface area contributed by atoms with Crippen molar-refractivity contribution in [3.8, 4) is 5.75 Å². The van der Waals surface area contributed by atoms with Crippen LogP contribution < -0.4 is 10.1 Å². The molecular formula is C11H11NO2S. The Kier molecular flexibility index (Phi) is 2.14. The Bertz CT molecular complexity index is 435. The van der Waals surface area contributed by atoms with Gasteiger partial charge < -0.3 is 14.5 Å². The summed E-state index contributed by atoms with van der Waals surface area (Å²) in [5.74, 6) is 0.822. The zero-order chi connectivity index (χ0) is 10.1. The highest BCUT2D eigenvalue weighted by Crippen LogP contribution is 2.30. The lowest BCUT2D eigenvalue weighted by molar-refractivity contribution is 0.206. The topological polar surface area (TPSA) is 34.4 Å². The summed E-state index contributed by atoms with van der Waals surface area (Å²) in [4.78, 5) is 1.36. The smallest absolute Gasteiger partial charge is 0.181 e. The van der Waals surface area contributed by atoms with E-state index in [1.807, 2.05) is 0 Å². The number of nitrogens with one attached hydrogen (secondary N) is 1. The van der Waals surface area contributed by atoms with E-state index in [1.165, 1.54) is 4.88 Å². The Hall–Kier alpha value is -1.42. The zero-order valence-corrected chi connectivity index (χ0v) is 8.92. The molecule has 1 N–H and O–H groups in total. The van der Waals surface area contributed by atoms with Gasteiger partial charge in [0, 0.05) is 11.3 Å². The van der Waals surface area contributed by atoms with Crippen molar-refractivity contribution in [1.82, 2.24) is 0 Å². The Morgan fingerprint density at radius 2 is 2.47 bits per heavy atom. The predicted molar refractivity (Wildman–Crippen MR) is 59.6 cm³/mol. The van der Waals surface area contributed by atoms with E-state index in [1.54, 1.807) is 23.9 Å². The summed E-state index contributed by atoms with van der Waals surface area (Å²) < 4.78 is 10.9. The van der Waals surface area contributed by atoms with Crippen molar-refractivity contribution in [1.29, 1.82) is 0 Å². The van der Waals surface area contributed by atoms with Crippen molar-refractivity contribution >= 4 is 17.0 Å².